The number of nitrogens with zero attached hydrogens (tertiary/aromatic N) is 3. The largest absolute Gasteiger partial charge is 0.380 e. The Balaban J connectivity index is 1.87. The second kappa shape index (κ2) is 7.66. The maximum atomic E-state index is 11.7. The normalized spacial score (nSPS) is 19.0. The highest BCUT2D eigenvalue weighted by Crippen LogP contribution is 2.30. The topological polar surface area (TPSA) is 85.1 Å². The number of hydrogen-bond acceptors (Lipinski definition) is 5. The SMILES string of the molecule is CCCCn1nc(C(O)c2ccccc2)nc1C1CCS(=O)(=O)CC1. The van der Waals surface area contributed by atoms with E-state index >= 15 is 0 Å². The fourth-order valence-electron chi connectivity index (χ4n) is 3.20. The second-order valence-corrected chi connectivity index (χ2v) is 8.95. The molecule has 2 heterocycles. The maximum absolute atomic E-state index is 11.7. The molecule has 2 aromatic rings. The Labute approximate surface area is 148 Å². The van der Waals surface area contributed by atoms with Gasteiger partial charge in [-0.3, -0.25) is 0 Å². The van der Waals surface area contributed by atoms with Crippen LogP contribution in [0.3, 0.4) is 0 Å². The van der Waals surface area contributed by atoms with Crippen molar-refractivity contribution in [1.29, 1.82) is 0 Å². The first-order chi connectivity index (χ1) is 12.0. The molecule has 1 unspecified atom stereocenters. The van der Waals surface area contributed by atoms with E-state index in [1.54, 1.807) is 0 Å². The molecule has 0 amide bonds. The van der Waals surface area contributed by atoms with Crippen molar-refractivity contribution in [3.63, 3.8) is 0 Å². The van der Waals surface area contributed by atoms with Crippen LogP contribution in [0.5, 0.6) is 0 Å². The molecule has 0 saturated carbocycles. The highest BCUT2D eigenvalue weighted by atomic mass is 32.2. The van der Waals surface area contributed by atoms with Crippen LogP contribution in [0.1, 0.15) is 61.8 Å². The fraction of sp³-hybridized carbons (Fsp3) is 0.556. The molecule has 0 aliphatic carbocycles. The summed E-state index contributed by atoms with van der Waals surface area (Å²) in [5.74, 6) is 1.70. The number of aliphatic hydroxyl groups is 1. The molecule has 1 aromatic heterocycles. The Bertz CT molecular complexity index is 788. The molecule has 0 spiro atoms. The van der Waals surface area contributed by atoms with Gasteiger partial charge in [0.2, 0.25) is 0 Å². The lowest BCUT2D eigenvalue weighted by atomic mass is 10.0. The maximum Gasteiger partial charge on any atom is 0.183 e. The second-order valence-electron chi connectivity index (χ2n) is 6.64. The zero-order valence-corrected chi connectivity index (χ0v) is 15.3. The van der Waals surface area contributed by atoms with Gasteiger partial charge in [0.05, 0.1) is 11.5 Å². The van der Waals surface area contributed by atoms with E-state index in [4.69, 9.17) is 0 Å². The number of aromatic nitrogens is 3. The van der Waals surface area contributed by atoms with Gasteiger partial charge in [-0.05, 0) is 24.8 Å². The lowest BCUT2D eigenvalue weighted by Gasteiger charge is -2.21. The average molecular weight is 363 g/mol. The molecular weight excluding hydrogens is 338 g/mol. The fourth-order valence-corrected chi connectivity index (χ4v) is 4.69. The van der Waals surface area contributed by atoms with Crippen LogP contribution in [-0.2, 0) is 16.4 Å². The Kier molecular flexibility index (Phi) is 5.54. The number of unbranched alkanes of at least 4 members (excludes halogenated alkanes) is 1. The summed E-state index contributed by atoms with van der Waals surface area (Å²) in [6.45, 7) is 2.85. The van der Waals surface area contributed by atoms with Gasteiger partial charge in [0.25, 0.3) is 0 Å². The molecule has 1 aliphatic heterocycles. The summed E-state index contributed by atoms with van der Waals surface area (Å²) in [6, 6.07) is 9.35. The summed E-state index contributed by atoms with van der Waals surface area (Å²) in [5.41, 5.74) is 0.757. The summed E-state index contributed by atoms with van der Waals surface area (Å²) >= 11 is 0. The highest BCUT2D eigenvalue weighted by Gasteiger charge is 2.29. The van der Waals surface area contributed by atoms with Gasteiger partial charge in [0.1, 0.15) is 21.8 Å². The summed E-state index contributed by atoms with van der Waals surface area (Å²) in [7, 11) is -2.91. The van der Waals surface area contributed by atoms with Crippen LogP contribution in [-0.4, -0.2) is 39.8 Å². The molecule has 0 radical (unpaired) electrons. The molecule has 6 nitrogen and oxygen atoms in total. The predicted molar refractivity (Wildman–Crippen MR) is 96.1 cm³/mol. The lowest BCUT2D eigenvalue weighted by Crippen LogP contribution is -2.24. The van der Waals surface area contributed by atoms with E-state index in [1.165, 1.54) is 0 Å². The van der Waals surface area contributed by atoms with Crippen molar-refractivity contribution in [3.8, 4) is 0 Å². The van der Waals surface area contributed by atoms with E-state index in [0.717, 1.165) is 30.8 Å². The van der Waals surface area contributed by atoms with Crippen LogP contribution in [0.25, 0.3) is 0 Å². The minimum Gasteiger partial charge on any atom is -0.380 e. The molecule has 1 aliphatic rings. The van der Waals surface area contributed by atoms with E-state index < -0.39 is 15.9 Å². The predicted octanol–water partition coefficient (Wildman–Crippen LogP) is 2.45. The minimum absolute atomic E-state index is 0.0876. The third-order valence-corrected chi connectivity index (χ3v) is 6.44. The van der Waals surface area contributed by atoms with Gasteiger partial charge in [0, 0.05) is 12.5 Å². The van der Waals surface area contributed by atoms with Crippen LogP contribution < -0.4 is 0 Å². The van der Waals surface area contributed by atoms with E-state index in [2.05, 4.69) is 17.0 Å². The van der Waals surface area contributed by atoms with Gasteiger partial charge in [-0.25, -0.2) is 18.1 Å². The molecule has 1 N–H and O–H groups in total. The molecule has 1 fully saturated rings. The Morgan fingerprint density at radius 3 is 2.56 bits per heavy atom. The van der Waals surface area contributed by atoms with Crippen LogP contribution in [0, 0.1) is 0 Å². The van der Waals surface area contributed by atoms with Crippen molar-refractivity contribution in [2.45, 2.75) is 51.2 Å². The first-order valence-corrected chi connectivity index (χ1v) is 10.7. The first kappa shape index (κ1) is 18.1. The van der Waals surface area contributed by atoms with Crippen LogP contribution in [0.15, 0.2) is 30.3 Å². The van der Waals surface area contributed by atoms with Gasteiger partial charge in [-0.2, -0.15) is 5.10 Å². The number of benzene rings is 1. The average Bonchev–Trinajstić information content (AvgIpc) is 3.04. The molecular formula is C18H25N3O3S. The third-order valence-electron chi connectivity index (χ3n) is 4.72. The number of aliphatic hydroxyl groups excluding tert-OH is 1. The molecule has 25 heavy (non-hydrogen) atoms. The van der Waals surface area contributed by atoms with Crippen molar-refractivity contribution >= 4 is 9.84 Å². The third kappa shape index (κ3) is 4.27. The Morgan fingerprint density at radius 2 is 1.92 bits per heavy atom. The van der Waals surface area contributed by atoms with E-state index in [-0.39, 0.29) is 17.4 Å². The minimum atomic E-state index is -2.91. The zero-order valence-electron chi connectivity index (χ0n) is 14.5. The number of hydrogen-bond donors (Lipinski definition) is 1. The van der Waals surface area contributed by atoms with Gasteiger partial charge >= 0.3 is 0 Å². The summed E-state index contributed by atoms with van der Waals surface area (Å²) in [5, 5.41) is 15.1. The number of sulfone groups is 1. The van der Waals surface area contributed by atoms with Crippen molar-refractivity contribution in [2.75, 3.05) is 11.5 Å². The van der Waals surface area contributed by atoms with Gasteiger partial charge < -0.3 is 5.11 Å². The van der Waals surface area contributed by atoms with Gasteiger partial charge in [0.15, 0.2) is 5.82 Å². The highest BCUT2D eigenvalue weighted by molar-refractivity contribution is 7.91. The first-order valence-electron chi connectivity index (χ1n) is 8.88. The number of rotatable bonds is 6. The monoisotopic (exact) mass is 363 g/mol. The van der Waals surface area contributed by atoms with Crippen LogP contribution in [0.4, 0.5) is 0 Å². The van der Waals surface area contributed by atoms with Crippen molar-refractivity contribution in [3.05, 3.63) is 47.5 Å². The summed E-state index contributed by atoms with van der Waals surface area (Å²) < 4.78 is 25.3. The zero-order chi connectivity index (χ0) is 17.9. The Hall–Kier alpha value is -1.73. The van der Waals surface area contributed by atoms with Crippen molar-refractivity contribution in [1.82, 2.24) is 14.8 Å². The molecule has 1 saturated heterocycles. The van der Waals surface area contributed by atoms with E-state index in [0.29, 0.717) is 18.7 Å². The molecule has 1 aromatic carbocycles. The molecule has 0 bridgehead atoms. The van der Waals surface area contributed by atoms with Gasteiger partial charge in [-0.15, -0.1) is 0 Å². The summed E-state index contributed by atoms with van der Waals surface area (Å²) in [4.78, 5) is 4.62. The van der Waals surface area contributed by atoms with E-state index in [1.807, 2.05) is 35.0 Å². The van der Waals surface area contributed by atoms with Crippen molar-refractivity contribution in [2.24, 2.45) is 0 Å². The van der Waals surface area contributed by atoms with Crippen LogP contribution >= 0.6 is 0 Å². The standard InChI is InChI=1S/C18H25N3O3S/c1-2-3-11-21-18(15-9-12-25(23,24)13-10-15)19-17(20-21)16(22)14-7-5-4-6-8-14/h4-8,15-16,22H,2-3,9-13H2,1H3. The van der Waals surface area contributed by atoms with Crippen molar-refractivity contribution < 1.29 is 13.5 Å². The molecule has 136 valence electrons. The molecule has 7 heteroatoms. The van der Waals surface area contributed by atoms with E-state index in [9.17, 15) is 13.5 Å². The number of aryl methyl sites for hydroxylation is 1. The van der Waals surface area contributed by atoms with Gasteiger partial charge in [-0.1, -0.05) is 43.7 Å². The molecule has 3 rings (SSSR count). The van der Waals surface area contributed by atoms with Crippen LogP contribution in [0.2, 0.25) is 0 Å². The molecule has 1 atom stereocenters. The quantitative estimate of drug-likeness (QED) is 0.852. The Morgan fingerprint density at radius 1 is 1.24 bits per heavy atom. The lowest BCUT2D eigenvalue weighted by molar-refractivity contribution is 0.209. The smallest absolute Gasteiger partial charge is 0.183 e. The summed E-state index contributed by atoms with van der Waals surface area (Å²) in [6.07, 6.45) is 2.30.